The van der Waals surface area contributed by atoms with E-state index in [0.29, 0.717) is 23.4 Å². The molecule has 1 heterocycles. The highest BCUT2D eigenvalue weighted by atomic mass is 16.1. The number of ketones is 2. The second kappa shape index (κ2) is 5.40. The zero-order valence-electron chi connectivity index (χ0n) is 11.7. The molecule has 21 heavy (non-hydrogen) atoms. The first-order valence-corrected chi connectivity index (χ1v) is 6.77. The predicted octanol–water partition coefficient (Wildman–Crippen LogP) is 2.80. The van der Waals surface area contributed by atoms with Gasteiger partial charge in [0.05, 0.1) is 24.4 Å². The van der Waals surface area contributed by atoms with Crippen molar-refractivity contribution in [2.45, 2.75) is 19.9 Å². The van der Waals surface area contributed by atoms with Crippen molar-refractivity contribution in [3.63, 3.8) is 0 Å². The fourth-order valence-electron chi connectivity index (χ4n) is 2.30. The number of pyridine rings is 1. The van der Waals surface area contributed by atoms with Gasteiger partial charge in [0.1, 0.15) is 0 Å². The SMILES string of the molecule is Cc1ccc(CN=C2CC(=O)c3ccccc3C2=O)nc1. The third-order valence-electron chi connectivity index (χ3n) is 3.47. The van der Waals surface area contributed by atoms with Gasteiger partial charge in [-0.3, -0.25) is 19.6 Å². The number of hydrogen-bond acceptors (Lipinski definition) is 4. The molecule has 0 saturated heterocycles. The Kier molecular flexibility index (Phi) is 3.44. The van der Waals surface area contributed by atoms with Crippen LogP contribution in [0.25, 0.3) is 0 Å². The average Bonchev–Trinajstić information content (AvgIpc) is 2.51. The van der Waals surface area contributed by atoms with Gasteiger partial charge in [0, 0.05) is 17.3 Å². The summed E-state index contributed by atoms with van der Waals surface area (Å²) in [6.07, 6.45) is 1.83. The summed E-state index contributed by atoms with van der Waals surface area (Å²) in [5.41, 5.74) is 3.12. The third-order valence-corrected chi connectivity index (χ3v) is 3.47. The minimum Gasteiger partial charge on any atom is -0.294 e. The number of carbonyl (C=O) groups excluding carboxylic acids is 2. The Morgan fingerprint density at radius 1 is 1.10 bits per heavy atom. The lowest BCUT2D eigenvalue weighted by Gasteiger charge is -2.15. The van der Waals surface area contributed by atoms with Crippen LogP contribution in [-0.4, -0.2) is 22.3 Å². The number of hydrogen-bond donors (Lipinski definition) is 0. The van der Waals surface area contributed by atoms with E-state index in [0.717, 1.165) is 11.3 Å². The molecule has 0 bridgehead atoms. The molecule has 1 aliphatic rings. The Bertz CT molecular complexity index is 746. The third kappa shape index (κ3) is 2.65. The maximum atomic E-state index is 12.3. The maximum absolute atomic E-state index is 12.3. The van der Waals surface area contributed by atoms with Crippen LogP contribution in [0.5, 0.6) is 0 Å². The minimum absolute atomic E-state index is 0.0548. The van der Waals surface area contributed by atoms with Crippen molar-refractivity contribution in [1.82, 2.24) is 4.98 Å². The second-order valence-corrected chi connectivity index (χ2v) is 5.06. The van der Waals surface area contributed by atoms with Crippen molar-refractivity contribution in [1.29, 1.82) is 0 Å². The predicted molar refractivity (Wildman–Crippen MR) is 79.8 cm³/mol. The maximum Gasteiger partial charge on any atom is 0.207 e. The topological polar surface area (TPSA) is 59.4 Å². The van der Waals surface area contributed by atoms with Crippen LogP contribution in [0.15, 0.2) is 47.6 Å². The van der Waals surface area contributed by atoms with Gasteiger partial charge in [-0.05, 0) is 18.6 Å². The lowest BCUT2D eigenvalue weighted by Crippen LogP contribution is -2.27. The largest absolute Gasteiger partial charge is 0.294 e. The van der Waals surface area contributed by atoms with Crippen LogP contribution < -0.4 is 0 Å². The van der Waals surface area contributed by atoms with Crippen LogP contribution in [0.1, 0.15) is 38.4 Å². The number of aryl methyl sites for hydroxylation is 1. The van der Waals surface area contributed by atoms with Gasteiger partial charge < -0.3 is 0 Å². The summed E-state index contributed by atoms with van der Waals surface area (Å²) < 4.78 is 0. The summed E-state index contributed by atoms with van der Waals surface area (Å²) in [5.74, 6) is -0.210. The van der Waals surface area contributed by atoms with Gasteiger partial charge in [-0.1, -0.05) is 30.3 Å². The van der Waals surface area contributed by atoms with Gasteiger partial charge in [-0.2, -0.15) is 0 Å². The molecule has 104 valence electrons. The molecule has 0 fully saturated rings. The van der Waals surface area contributed by atoms with Gasteiger partial charge in [-0.15, -0.1) is 0 Å². The number of rotatable bonds is 2. The Hall–Kier alpha value is -2.62. The Morgan fingerprint density at radius 2 is 1.86 bits per heavy atom. The van der Waals surface area contributed by atoms with Gasteiger partial charge >= 0.3 is 0 Å². The number of carbonyl (C=O) groups is 2. The molecule has 2 aromatic rings. The second-order valence-electron chi connectivity index (χ2n) is 5.06. The number of aliphatic imine (C=N–C) groups is 1. The zero-order valence-corrected chi connectivity index (χ0v) is 11.7. The van der Waals surface area contributed by atoms with Crippen molar-refractivity contribution >= 4 is 17.3 Å². The van der Waals surface area contributed by atoms with E-state index in [1.54, 1.807) is 30.5 Å². The summed E-state index contributed by atoms with van der Waals surface area (Å²) in [5, 5.41) is 0. The van der Waals surface area contributed by atoms with Crippen LogP contribution in [0.3, 0.4) is 0 Å². The molecule has 0 unspecified atom stereocenters. The smallest absolute Gasteiger partial charge is 0.207 e. The lowest BCUT2D eigenvalue weighted by atomic mass is 9.88. The summed E-state index contributed by atoms with van der Waals surface area (Å²) >= 11 is 0. The molecule has 1 aromatic heterocycles. The number of nitrogens with zero attached hydrogens (tertiary/aromatic N) is 2. The highest BCUT2D eigenvalue weighted by Crippen LogP contribution is 2.20. The van der Waals surface area contributed by atoms with Crippen LogP contribution in [-0.2, 0) is 6.54 Å². The number of fused-ring (bicyclic) bond motifs is 1. The van der Waals surface area contributed by atoms with Crippen molar-refractivity contribution in [2.24, 2.45) is 4.99 Å². The van der Waals surface area contributed by atoms with Gasteiger partial charge in [0.25, 0.3) is 0 Å². The fourth-order valence-corrected chi connectivity index (χ4v) is 2.30. The normalized spacial score (nSPS) is 16.1. The molecule has 4 nitrogen and oxygen atoms in total. The van der Waals surface area contributed by atoms with E-state index in [-0.39, 0.29) is 18.0 Å². The molecular weight excluding hydrogens is 264 g/mol. The molecule has 0 spiro atoms. The van der Waals surface area contributed by atoms with Crippen molar-refractivity contribution in [3.05, 3.63) is 65.0 Å². The molecule has 0 radical (unpaired) electrons. The summed E-state index contributed by atoms with van der Waals surface area (Å²) in [7, 11) is 0. The standard InChI is InChI=1S/C17H14N2O2/c1-11-6-7-12(18-9-11)10-19-15-8-16(20)13-4-2-3-5-14(13)17(15)21/h2-7,9H,8,10H2,1H3. The monoisotopic (exact) mass is 278 g/mol. The number of Topliss-reactive ketones (excluding diaryl/α,β-unsaturated/α-hetero) is 2. The average molecular weight is 278 g/mol. The van der Waals surface area contributed by atoms with Crippen LogP contribution >= 0.6 is 0 Å². The zero-order chi connectivity index (χ0) is 14.8. The number of aromatic nitrogens is 1. The quantitative estimate of drug-likeness (QED) is 0.848. The Balaban J connectivity index is 1.87. The summed E-state index contributed by atoms with van der Waals surface area (Å²) in [6, 6.07) is 10.7. The first-order chi connectivity index (χ1) is 10.1. The number of benzene rings is 1. The van der Waals surface area contributed by atoms with Gasteiger partial charge in [0.15, 0.2) is 5.78 Å². The van der Waals surface area contributed by atoms with Gasteiger partial charge in [0.2, 0.25) is 5.78 Å². The van der Waals surface area contributed by atoms with E-state index in [4.69, 9.17) is 0 Å². The van der Waals surface area contributed by atoms with E-state index in [9.17, 15) is 9.59 Å². The molecule has 4 heteroatoms. The minimum atomic E-state index is -0.155. The van der Waals surface area contributed by atoms with Crippen molar-refractivity contribution in [3.8, 4) is 0 Å². The first kappa shape index (κ1) is 13.4. The van der Waals surface area contributed by atoms with Crippen molar-refractivity contribution < 1.29 is 9.59 Å². The Labute approximate surface area is 122 Å². The summed E-state index contributed by atoms with van der Waals surface area (Å²) in [6.45, 7) is 2.28. The van der Waals surface area contributed by atoms with Gasteiger partial charge in [-0.25, -0.2) is 0 Å². The molecule has 0 saturated carbocycles. The highest BCUT2D eigenvalue weighted by molar-refractivity contribution is 6.52. The van der Waals surface area contributed by atoms with E-state index < -0.39 is 0 Å². The molecule has 3 rings (SSSR count). The lowest BCUT2D eigenvalue weighted by molar-refractivity contribution is 0.0964. The van der Waals surface area contributed by atoms with E-state index in [1.807, 2.05) is 19.1 Å². The van der Waals surface area contributed by atoms with Crippen LogP contribution in [0.4, 0.5) is 0 Å². The van der Waals surface area contributed by atoms with E-state index in [1.165, 1.54) is 0 Å². The van der Waals surface area contributed by atoms with E-state index in [2.05, 4.69) is 9.98 Å². The molecule has 0 aliphatic heterocycles. The molecule has 0 amide bonds. The molecule has 0 N–H and O–H groups in total. The molecular formula is C17H14N2O2. The fraction of sp³-hybridized carbons (Fsp3) is 0.176. The highest BCUT2D eigenvalue weighted by Gasteiger charge is 2.28. The molecule has 0 atom stereocenters. The van der Waals surface area contributed by atoms with Crippen molar-refractivity contribution in [2.75, 3.05) is 0 Å². The van der Waals surface area contributed by atoms with Crippen LogP contribution in [0.2, 0.25) is 0 Å². The Morgan fingerprint density at radius 3 is 2.57 bits per heavy atom. The molecule has 1 aliphatic carbocycles. The molecule has 1 aromatic carbocycles. The van der Waals surface area contributed by atoms with Crippen LogP contribution in [0, 0.1) is 6.92 Å². The summed E-state index contributed by atoms with van der Waals surface area (Å²) in [4.78, 5) is 32.9. The van der Waals surface area contributed by atoms with E-state index >= 15 is 0 Å². The first-order valence-electron chi connectivity index (χ1n) is 6.77.